The van der Waals surface area contributed by atoms with Crippen LogP contribution in [0.2, 0.25) is 0 Å². The van der Waals surface area contributed by atoms with Crippen LogP contribution in [-0.2, 0) is 4.74 Å². The monoisotopic (exact) mass is 505 g/mol. The third kappa shape index (κ3) is 5.46. The summed E-state index contributed by atoms with van der Waals surface area (Å²) in [7, 11) is 4.17. The van der Waals surface area contributed by atoms with Crippen LogP contribution in [0.1, 0.15) is 37.1 Å². The first-order valence-electron chi connectivity index (χ1n) is 12.8. The molecule has 2 atom stereocenters. The standard InChI is InChI=1S/C27H35N7O3/c1-4-37-27(36)32-15-11-19(12-16-32)23-6-5-14-34-24(23)29-26(30-34)28-21-9-7-20(8-10-21)25(35)33-17-13-22(18-33)31(2)3/h5-11,14,22,25,35H,4,12-13,15-18H2,1-3H3,(H,28,30)/t22-,25?/m0/s1. The van der Waals surface area contributed by atoms with Crippen LogP contribution >= 0.6 is 0 Å². The van der Waals surface area contributed by atoms with Gasteiger partial charge in [-0.1, -0.05) is 18.2 Å². The number of carbonyl (C=O) groups is 1. The predicted molar refractivity (Wildman–Crippen MR) is 143 cm³/mol. The smallest absolute Gasteiger partial charge is 0.410 e. The number of pyridine rings is 1. The molecule has 196 valence electrons. The van der Waals surface area contributed by atoms with Gasteiger partial charge < -0.3 is 25.0 Å². The van der Waals surface area contributed by atoms with E-state index in [0.29, 0.717) is 31.7 Å². The van der Waals surface area contributed by atoms with Crippen molar-refractivity contribution in [2.24, 2.45) is 0 Å². The zero-order chi connectivity index (χ0) is 25.9. The van der Waals surface area contributed by atoms with Gasteiger partial charge in [-0.3, -0.25) is 4.90 Å². The van der Waals surface area contributed by atoms with Gasteiger partial charge in [-0.2, -0.15) is 4.98 Å². The van der Waals surface area contributed by atoms with Gasteiger partial charge >= 0.3 is 6.09 Å². The van der Waals surface area contributed by atoms with E-state index in [1.807, 2.05) is 49.5 Å². The van der Waals surface area contributed by atoms with E-state index < -0.39 is 6.23 Å². The zero-order valence-electron chi connectivity index (χ0n) is 21.7. The van der Waals surface area contributed by atoms with Gasteiger partial charge in [-0.15, -0.1) is 5.10 Å². The fourth-order valence-corrected chi connectivity index (χ4v) is 4.99. The van der Waals surface area contributed by atoms with Crippen LogP contribution < -0.4 is 5.32 Å². The van der Waals surface area contributed by atoms with Crippen LogP contribution in [0.5, 0.6) is 0 Å². The van der Waals surface area contributed by atoms with Crippen molar-refractivity contribution in [3.05, 3.63) is 59.8 Å². The van der Waals surface area contributed by atoms with Crippen molar-refractivity contribution in [3.63, 3.8) is 0 Å². The van der Waals surface area contributed by atoms with Crippen molar-refractivity contribution in [1.29, 1.82) is 0 Å². The molecule has 1 amide bonds. The Kier molecular flexibility index (Phi) is 7.40. The summed E-state index contributed by atoms with van der Waals surface area (Å²) in [5, 5.41) is 18.7. The number of aliphatic hydroxyl groups is 1. The second-order valence-electron chi connectivity index (χ2n) is 9.77. The number of nitrogens with zero attached hydrogens (tertiary/aromatic N) is 6. The highest BCUT2D eigenvalue weighted by atomic mass is 16.6. The molecule has 1 saturated heterocycles. The number of likely N-dealkylation sites (tertiary alicyclic amines) is 1. The van der Waals surface area contributed by atoms with Crippen LogP contribution in [-0.4, -0.2) is 93.4 Å². The largest absolute Gasteiger partial charge is 0.450 e. The van der Waals surface area contributed by atoms with Gasteiger partial charge in [-0.05, 0) is 69.3 Å². The summed E-state index contributed by atoms with van der Waals surface area (Å²) in [4.78, 5) is 22.8. The Morgan fingerprint density at radius 3 is 2.73 bits per heavy atom. The molecule has 10 heteroatoms. The van der Waals surface area contributed by atoms with Crippen molar-refractivity contribution in [1.82, 2.24) is 29.3 Å². The van der Waals surface area contributed by atoms with Gasteiger partial charge in [0.15, 0.2) is 5.65 Å². The van der Waals surface area contributed by atoms with Crippen LogP contribution in [0, 0.1) is 0 Å². The normalized spacial score (nSPS) is 19.3. The molecule has 3 aromatic rings. The molecule has 2 aromatic heterocycles. The van der Waals surface area contributed by atoms with E-state index in [9.17, 15) is 9.90 Å². The number of carbonyl (C=O) groups excluding carboxylic acids is 1. The van der Waals surface area contributed by atoms with Gasteiger partial charge in [0.1, 0.15) is 6.23 Å². The average Bonchev–Trinajstić information content (AvgIpc) is 3.56. The van der Waals surface area contributed by atoms with E-state index in [-0.39, 0.29) is 6.09 Å². The highest BCUT2D eigenvalue weighted by Gasteiger charge is 2.29. The van der Waals surface area contributed by atoms with Crippen molar-refractivity contribution in [3.8, 4) is 0 Å². The maximum absolute atomic E-state index is 12.0. The molecule has 4 heterocycles. The number of nitrogens with one attached hydrogen (secondary N) is 1. The number of ether oxygens (including phenoxy) is 1. The summed E-state index contributed by atoms with van der Waals surface area (Å²) in [6.07, 6.45) is 4.83. The molecule has 0 bridgehead atoms. The summed E-state index contributed by atoms with van der Waals surface area (Å²) in [5.41, 5.74) is 4.63. The summed E-state index contributed by atoms with van der Waals surface area (Å²) < 4.78 is 6.88. The molecule has 2 aliphatic rings. The number of rotatable bonds is 7. The summed E-state index contributed by atoms with van der Waals surface area (Å²) >= 11 is 0. The number of benzene rings is 1. The molecule has 0 saturated carbocycles. The highest BCUT2D eigenvalue weighted by Crippen LogP contribution is 2.28. The van der Waals surface area contributed by atoms with Crippen molar-refractivity contribution in [2.75, 3.05) is 52.2 Å². The molecule has 0 radical (unpaired) electrons. The van der Waals surface area contributed by atoms with Crippen molar-refractivity contribution < 1.29 is 14.6 Å². The van der Waals surface area contributed by atoms with Crippen molar-refractivity contribution >= 4 is 28.9 Å². The number of hydrogen-bond donors (Lipinski definition) is 2. The Bertz CT molecular complexity index is 1270. The third-order valence-electron chi connectivity index (χ3n) is 7.18. The number of aromatic nitrogens is 3. The number of fused-ring (bicyclic) bond motifs is 1. The lowest BCUT2D eigenvalue weighted by Crippen LogP contribution is -2.35. The Hall–Kier alpha value is -3.47. The summed E-state index contributed by atoms with van der Waals surface area (Å²) in [6.45, 7) is 5.05. The molecule has 10 nitrogen and oxygen atoms in total. The molecule has 2 aliphatic heterocycles. The third-order valence-corrected chi connectivity index (χ3v) is 7.18. The van der Waals surface area contributed by atoms with E-state index in [1.165, 1.54) is 0 Å². The van der Waals surface area contributed by atoms with Gasteiger partial charge in [0.2, 0.25) is 5.95 Å². The Morgan fingerprint density at radius 1 is 1.24 bits per heavy atom. The Labute approximate surface area is 217 Å². The van der Waals surface area contributed by atoms with Crippen LogP contribution in [0.3, 0.4) is 0 Å². The fraction of sp³-hybridized carbons (Fsp3) is 0.444. The van der Waals surface area contributed by atoms with Gasteiger partial charge in [-0.25, -0.2) is 9.31 Å². The first-order valence-corrected chi connectivity index (χ1v) is 12.8. The van der Waals surface area contributed by atoms with Crippen molar-refractivity contribution in [2.45, 2.75) is 32.0 Å². The minimum absolute atomic E-state index is 0.276. The van der Waals surface area contributed by atoms with E-state index in [2.05, 4.69) is 40.4 Å². The molecule has 1 fully saturated rings. The lowest BCUT2D eigenvalue weighted by atomic mass is 10.0. The minimum Gasteiger partial charge on any atom is -0.450 e. The lowest BCUT2D eigenvalue weighted by Gasteiger charge is -2.25. The number of anilines is 2. The number of aliphatic hydroxyl groups excluding tert-OH is 1. The first-order chi connectivity index (χ1) is 17.9. The highest BCUT2D eigenvalue weighted by molar-refractivity contribution is 5.79. The second kappa shape index (κ2) is 10.9. The number of amides is 1. The predicted octanol–water partition coefficient (Wildman–Crippen LogP) is 3.35. The minimum atomic E-state index is -0.613. The molecule has 2 N–H and O–H groups in total. The molecule has 0 spiro atoms. The van der Waals surface area contributed by atoms with Crippen LogP contribution in [0.4, 0.5) is 16.4 Å². The maximum atomic E-state index is 12.0. The molecular formula is C27H35N7O3. The number of hydrogen-bond acceptors (Lipinski definition) is 8. The lowest BCUT2D eigenvalue weighted by molar-refractivity contribution is 0.0150. The Morgan fingerprint density at radius 2 is 2.05 bits per heavy atom. The van der Waals surface area contributed by atoms with E-state index >= 15 is 0 Å². The van der Waals surface area contributed by atoms with E-state index in [4.69, 9.17) is 9.72 Å². The topological polar surface area (TPSA) is 98.5 Å². The SMILES string of the molecule is CCOC(=O)N1CC=C(c2cccn3nc(Nc4ccc(C(O)N5CC[C@H](N(C)C)C5)cc4)nc23)CC1. The van der Waals surface area contributed by atoms with Gasteiger partial charge in [0, 0.05) is 49.7 Å². The van der Waals surface area contributed by atoms with Crippen LogP contribution in [0.25, 0.3) is 11.2 Å². The Balaban J connectivity index is 1.27. The van der Waals surface area contributed by atoms with Crippen LogP contribution in [0.15, 0.2) is 48.7 Å². The molecule has 1 unspecified atom stereocenters. The molecular weight excluding hydrogens is 470 g/mol. The molecule has 37 heavy (non-hydrogen) atoms. The molecule has 1 aromatic carbocycles. The van der Waals surface area contributed by atoms with Gasteiger partial charge in [0.05, 0.1) is 6.61 Å². The average molecular weight is 506 g/mol. The summed E-state index contributed by atoms with van der Waals surface area (Å²) in [5.74, 6) is 0.499. The first kappa shape index (κ1) is 25.2. The summed E-state index contributed by atoms with van der Waals surface area (Å²) in [6, 6.07) is 12.2. The number of likely N-dealkylation sites (N-methyl/N-ethyl adjacent to an activating group) is 1. The quantitative estimate of drug-likeness (QED) is 0.505. The molecule has 0 aliphatic carbocycles. The van der Waals surface area contributed by atoms with E-state index in [1.54, 1.807) is 9.42 Å². The zero-order valence-corrected chi connectivity index (χ0v) is 21.7. The fourth-order valence-electron chi connectivity index (χ4n) is 4.99. The maximum Gasteiger partial charge on any atom is 0.410 e. The second-order valence-corrected chi connectivity index (χ2v) is 9.77. The van der Waals surface area contributed by atoms with Gasteiger partial charge in [0.25, 0.3) is 0 Å². The molecule has 5 rings (SSSR count). The van der Waals surface area contributed by atoms with E-state index in [0.717, 1.165) is 54.0 Å².